The van der Waals surface area contributed by atoms with Crippen LogP contribution in [-0.2, 0) is 0 Å². The Kier molecular flexibility index (Phi) is 4.45. The van der Waals surface area contributed by atoms with Gasteiger partial charge in [-0.15, -0.1) is 0 Å². The Bertz CT molecular complexity index is 606. The fourth-order valence-electron chi connectivity index (χ4n) is 1.64. The van der Waals surface area contributed by atoms with E-state index in [9.17, 15) is 14.9 Å². The fraction of sp³-hybridized carbons (Fsp3) is 0. The standard InChI is InChI=1S/C11H7NO4.Ca.2H/c13-11(14)10-8-4-2-1-3-7(8)5-6-9(10)12(15)16;;;/h1-6H,(H,13,14);;;/q;+2;2*-1. The SMILES string of the molecule is O=C(O)c1c([N+](=O)[O-])ccc2ccccc12.[Ca+2].[H-].[H-]. The molecule has 84 valence electrons. The van der Waals surface area contributed by atoms with Gasteiger partial charge in [-0.1, -0.05) is 24.3 Å². The molecule has 0 aliphatic heterocycles. The topological polar surface area (TPSA) is 80.4 Å². The predicted molar refractivity (Wildman–Crippen MR) is 65.5 cm³/mol. The van der Waals surface area contributed by atoms with Crippen molar-refractivity contribution in [3.8, 4) is 0 Å². The Balaban J connectivity index is 0. The fourth-order valence-corrected chi connectivity index (χ4v) is 1.64. The summed E-state index contributed by atoms with van der Waals surface area (Å²) in [5, 5.41) is 20.8. The molecular formula is C11H9CaNO4. The number of aromatic carboxylic acids is 1. The molecule has 0 unspecified atom stereocenters. The normalized spacial score (nSPS) is 9.65. The van der Waals surface area contributed by atoms with Gasteiger partial charge >= 0.3 is 43.7 Å². The molecule has 2 aromatic carbocycles. The first kappa shape index (κ1) is 13.9. The Morgan fingerprint density at radius 1 is 1.24 bits per heavy atom. The van der Waals surface area contributed by atoms with E-state index in [0.29, 0.717) is 10.8 Å². The third kappa shape index (κ3) is 2.57. The van der Waals surface area contributed by atoms with Gasteiger partial charge in [-0.2, -0.15) is 0 Å². The van der Waals surface area contributed by atoms with Gasteiger partial charge in [-0.05, 0) is 11.5 Å². The number of carboxylic acids is 1. The van der Waals surface area contributed by atoms with Crippen LogP contribution < -0.4 is 0 Å². The van der Waals surface area contributed by atoms with E-state index in [1.165, 1.54) is 6.07 Å². The molecule has 5 nitrogen and oxygen atoms in total. The summed E-state index contributed by atoms with van der Waals surface area (Å²) in [6.45, 7) is 0. The summed E-state index contributed by atoms with van der Waals surface area (Å²) in [5.74, 6) is -1.29. The van der Waals surface area contributed by atoms with E-state index in [1.54, 1.807) is 30.3 Å². The molecule has 0 saturated heterocycles. The Morgan fingerprint density at radius 3 is 2.47 bits per heavy atom. The number of rotatable bonds is 2. The maximum absolute atomic E-state index is 11.0. The van der Waals surface area contributed by atoms with Crippen molar-refractivity contribution in [2.45, 2.75) is 0 Å². The van der Waals surface area contributed by atoms with Crippen molar-refractivity contribution in [1.29, 1.82) is 0 Å². The number of carboxylic acid groups (broad SMARTS) is 1. The monoisotopic (exact) mass is 259 g/mol. The van der Waals surface area contributed by atoms with Crippen molar-refractivity contribution in [3.05, 3.63) is 52.1 Å². The molecule has 0 bridgehead atoms. The summed E-state index contributed by atoms with van der Waals surface area (Å²) >= 11 is 0. The van der Waals surface area contributed by atoms with Crippen molar-refractivity contribution in [2.24, 2.45) is 0 Å². The number of hydrogen-bond acceptors (Lipinski definition) is 3. The predicted octanol–water partition coefficient (Wildman–Crippen LogP) is 2.29. The Hall–Kier alpha value is -1.17. The molecule has 0 fully saturated rings. The van der Waals surface area contributed by atoms with Crippen molar-refractivity contribution in [1.82, 2.24) is 0 Å². The van der Waals surface area contributed by atoms with Gasteiger partial charge in [-0.25, -0.2) is 4.79 Å². The summed E-state index contributed by atoms with van der Waals surface area (Å²) < 4.78 is 0. The van der Waals surface area contributed by atoms with Crippen LogP contribution in [0.1, 0.15) is 13.2 Å². The third-order valence-electron chi connectivity index (χ3n) is 2.32. The average Bonchev–Trinajstić information content (AvgIpc) is 2.27. The van der Waals surface area contributed by atoms with Gasteiger partial charge in [0.05, 0.1) is 4.92 Å². The van der Waals surface area contributed by atoms with Crippen molar-refractivity contribution >= 4 is 60.2 Å². The maximum Gasteiger partial charge on any atom is 2.00 e. The summed E-state index contributed by atoms with van der Waals surface area (Å²) in [7, 11) is 0. The Morgan fingerprint density at radius 2 is 1.88 bits per heavy atom. The molecule has 0 spiro atoms. The van der Waals surface area contributed by atoms with Crippen molar-refractivity contribution < 1.29 is 17.7 Å². The van der Waals surface area contributed by atoms with Crippen LogP contribution >= 0.6 is 0 Å². The second-order valence-electron chi connectivity index (χ2n) is 3.24. The molecule has 0 radical (unpaired) electrons. The van der Waals surface area contributed by atoms with E-state index in [0.717, 1.165) is 0 Å². The molecule has 0 aliphatic rings. The van der Waals surface area contributed by atoms with E-state index < -0.39 is 10.9 Å². The van der Waals surface area contributed by atoms with Crippen LogP contribution in [-0.4, -0.2) is 53.7 Å². The minimum Gasteiger partial charge on any atom is -1.00 e. The summed E-state index contributed by atoms with van der Waals surface area (Å²) in [5.41, 5.74) is -0.644. The van der Waals surface area contributed by atoms with Gasteiger partial charge in [0.2, 0.25) is 0 Å². The van der Waals surface area contributed by atoms with E-state index >= 15 is 0 Å². The molecule has 2 rings (SSSR count). The zero-order chi connectivity index (χ0) is 11.7. The number of nitro groups is 1. The molecule has 17 heavy (non-hydrogen) atoms. The van der Waals surface area contributed by atoms with E-state index in [1.807, 2.05) is 0 Å². The second kappa shape index (κ2) is 5.44. The number of nitro benzene ring substituents is 1. The van der Waals surface area contributed by atoms with Gasteiger partial charge in [0, 0.05) is 11.5 Å². The number of benzene rings is 2. The summed E-state index contributed by atoms with van der Waals surface area (Å²) in [6, 6.07) is 9.43. The van der Waals surface area contributed by atoms with Crippen LogP contribution in [0.3, 0.4) is 0 Å². The number of fused-ring (bicyclic) bond motifs is 1. The minimum absolute atomic E-state index is 0. The maximum atomic E-state index is 11.0. The molecule has 0 atom stereocenters. The quantitative estimate of drug-likeness (QED) is 0.509. The molecular weight excluding hydrogens is 250 g/mol. The van der Waals surface area contributed by atoms with Gasteiger partial charge in [-0.3, -0.25) is 10.1 Å². The molecule has 0 saturated carbocycles. The van der Waals surface area contributed by atoms with Crippen LogP contribution in [0.4, 0.5) is 5.69 Å². The number of nitrogens with zero attached hydrogens (tertiary/aromatic N) is 1. The third-order valence-corrected chi connectivity index (χ3v) is 2.32. The van der Waals surface area contributed by atoms with Crippen LogP contribution in [0.2, 0.25) is 0 Å². The molecule has 1 N–H and O–H groups in total. The largest absolute Gasteiger partial charge is 2.00 e. The average molecular weight is 259 g/mol. The molecule has 0 aromatic heterocycles. The smallest absolute Gasteiger partial charge is 1.00 e. The molecule has 2 aromatic rings. The van der Waals surface area contributed by atoms with Crippen LogP contribution in [0.25, 0.3) is 10.8 Å². The van der Waals surface area contributed by atoms with E-state index in [-0.39, 0.29) is 51.8 Å². The van der Waals surface area contributed by atoms with Gasteiger partial charge in [0.25, 0.3) is 5.69 Å². The zero-order valence-electron chi connectivity index (χ0n) is 10.8. The molecule has 0 heterocycles. The van der Waals surface area contributed by atoms with Gasteiger partial charge in [0.1, 0.15) is 5.56 Å². The summed E-state index contributed by atoms with van der Waals surface area (Å²) in [4.78, 5) is 21.1. The number of hydrogen-bond donors (Lipinski definition) is 1. The summed E-state index contributed by atoms with van der Waals surface area (Å²) in [6.07, 6.45) is 0. The van der Waals surface area contributed by atoms with Crippen molar-refractivity contribution in [3.63, 3.8) is 0 Å². The second-order valence-corrected chi connectivity index (χ2v) is 3.24. The molecule has 0 aliphatic carbocycles. The van der Waals surface area contributed by atoms with Crippen LogP contribution in [0.5, 0.6) is 0 Å². The first-order valence-electron chi connectivity index (χ1n) is 4.50. The number of carbonyl (C=O) groups is 1. The first-order chi connectivity index (χ1) is 7.61. The van der Waals surface area contributed by atoms with Gasteiger partial charge in [0.15, 0.2) is 0 Å². The van der Waals surface area contributed by atoms with Crippen LogP contribution in [0.15, 0.2) is 36.4 Å². The van der Waals surface area contributed by atoms with Crippen LogP contribution in [0, 0.1) is 10.1 Å². The molecule has 0 amide bonds. The minimum atomic E-state index is -1.29. The van der Waals surface area contributed by atoms with E-state index in [2.05, 4.69) is 0 Å². The molecule has 6 heteroatoms. The van der Waals surface area contributed by atoms with Crippen molar-refractivity contribution in [2.75, 3.05) is 0 Å². The Labute approximate surface area is 129 Å². The first-order valence-corrected chi connectivity index (χ1v) is 4.50. The van der Waals surface area contributed by atoms with E-state index in [4.69, 9.17) is 5.11 Å². The van der Waals surface area contributed by atoms with Gasteiger partial charge < -0.3 is 7.96 Å². The zero-order valence-corrected chi connectivity index (χ0v) is 11.0.